The zero-order valence-electron chi connectivity index (χ0n) is 21.4. The van der Waals surface area contributed by atoms with E-state index in [1.54, 1.807) is 17.4 Å². The van der Waals surface area contributed by atoms with Crippen molar-refractivity contribution in [3.8, 4) is 6.01 Å². The van der Waals surface area contributed by atoms with Crippen molar-refractivity contribution < 1.29 is 9.47 Å². The first kappa shape index (κ1) is 26.0. The molecule has 1 saturated carbocycles. The van der Waals surface area contributed by atoms with Gasteiger partial charge in [-0.05, 0) is 36.0 Å². The van der Waals surface area contributed by atoms with Crippen molar-refractivity contribution in [2.24, 2.45) is 5.92 Å². The third kappa shape index (κ3) is 6.62. The molecule has 5 rings (SSSR count). The average molecular weight is 557 g/mol. The van der Waals surface area contributed by atoms with Crippen molar-refractivity contribution in [3.05, 3.63) is 57.9 Å². The second-order valence-corrected chi connectivity index (χ2v) is 17.7. The van der Waals surface area contributed by atoms with E-state index in [4.69, 9.17) is 31.8 Å². The summed E-state index contributed by atoms with van der Waals surface area (Å²) in [4.78, 5) is 16.8. The molecule has 1 aromatic carbocycles. The van der Waals surface area contributed by atoms with Crippen molar-refractivity contribution in [1.29, 1.82) is 0 Å². The monoisotopic (exact) mass is 556 g/mol. The summed E-state index contributed by atoms with van der Waals surface area (Å²) in [5, 5.41) is 2.42. The molecule has 2 atom stereocenters. The van der Waals surface area contributed by atoms with Crippen LogP contribution in [0.1, 0.15) is 11.3 Å². The van der Waals surface area contributed by atoms with Gasteiger partial charge in [0.15, 0.2) is 0 Å². The van der Waals surface area contributed by atoms with Gasteiger partial charge in [0.2, 0.25) is 5.95 Å². The standard InChI is InChI=1S/C26H33ClN6O2SSi/c1-37(2,3)12-10-34-17-33-21-9-5-4-8-20(21)29-26(33)35-16-18-13-22(18)32(15-19-7-6-11-36-19)24-14-23(27)30-25(28)31-24/h4-9,11,14,18,22H,10,12-13,15-17H2,1-3H3,(H2,28,30,31). The highest BCUT2D eigenvalue weighted by molar-refractivity contribution is 7.09. The van der Waals surface area contributed by atoms with E-state index in [1.165, 1.54) is 4.88 Å². The van der Waals surface area contributed by atoms with E-state index >= 15 is 0 Å². The third-order valence-corrected chi connectivity index (χ3v) is 9.21. The van der Waals surface area contributed by atoms with E-state index in [2.05, 4.69) is 58.1 Å². The minimum Gasteiger partial charge on any atom is -0.464 e. The minimum atomic E-state index is -1.16. The molecule has 1 aliphatic carbocycles. The lowest BCUT2D eigenvalue weighted by Crippen LogP contribution is -2.28. The van der Waals surface area contributed by atoms with Gasteiger partial charge in [0.1, 0.15) is 17.7 Å². The van der Waals surface area contributed by atoms with Crippen LogP contribution in [-0.4, -0.2) is 46.8 Å². The Bertz CT molecular complexity index is 1320. The molecule has 1 fully saturated rings. The molecular formula is C26H33ClN6O2SSi. The average Bonchev–Trinajstić information content (AvgIpc) is 3.24. The summed E-state index contributed by atoms with van der Waals surface area (Å²) in [6.07, 6.45) is 0.986. The highest BCUT2D eigenvalue weighted by Gasteiger charge is 2.43. The number of para-hydroxylation sites is 2. The van der Waals surface area contributed by atoms with Crippen LogP contribution in [0.25, 0.3) is 11.0 Å². The van der Waals surface area contributed by atoms with E-state index in [0.717, 1.165) is 42.5 Å². The highest BCUT2D eigenvalue weighted by Crippen LogP contribution is 2.40. The van der Waals surface area contributed by atoms with Gasteiger partial charge in [0.05, 0.1) is 24.2 Å². The Balaban J connectivity index is 1.28. The molecule has 0 saturated heterocycles. The first-order valence-electron chi connectivity index (χ1n) is 12.5. The Kier molecular flexibility index (Phi) is 7.71. The smallest absolute Gasteiger partial charge is 0.299 e. The quantitative estimate of drug-likeness (QED) is 0.132. The maximum Gasteiger partial charge on any atom is 0.299 e. The van der Waals surface area contributed by atoms with Crippen LogP contribution in [-0.2, 0) is 18.0 Å². The molecular weight excluding hydrogens is 524 g/mol. The number of benzene rings is 1. The van der Waals surface area contributed by atoms with Crippen LogP contribution >= 0.6 is 22.9 Å². The topological polar surface area (TPSA) is 91.3 Å². The van der Waals surface area contributed by atoms with Gasteiger partial charge >= 0.3 is 0 Å². The highest BCUT2D eigenvalue weighted by atomic mass is 35.5. The van der Waals surface area contributed by atoms with E-state index in [0.29, 0.717) is 30.4 Å². The van der Waals surface area contributed by atoms with Crippen molar-refractivity contribution >= 4 is 53.8 Å². The van der Waals surface area contributed by atoms with Crippen LogP contribution in [0, 0.1) is 5.92 Å². The summed E-state index contributed by atoms with van der Waals surface area (Å²) < 4.78 is 14.4. The summed E-state index contributed by atoms with van der Waals surface area (Å²) in [5.74, 6) is 1.24. The number of aromatic nitrogens is 4. The van der Waals surface area contributed by atoms with Crippen LogP contribution in [0.2, 0.25) is 30.8 Å². The fourth-order valence-electron chi connectivity index (χ4n) is 4.31. The SMILES string of the molecule is C[Si](C)(C)CCOCn1c(OCC2CC2N(Cc2cccs2)c2cc(Cl)nc(N)n2)nc2ccccc21. The molecule has 11 heteroatoms. The normalized spacial score (nSPS) is 17.3. The van der Waals surface area contributed by atoms with Gasteiger partial charge in [-0.1, -0.05) is 49.4 Å². The van der Waals surface area contributed by atoms with Crippen LogP contribution in [0.4, 0.5) is 11.8 Å². The lowest BCUT2D eigenvalue weighted by Gasteiger charge is -2.24. The Hall–Kier alpha value is -2.66. The lowest BCUT2D eigenvalue weighted by molar-refractivity contribution is 0.0811. The molecule has 8 nitrogen and oxygen atoms in total. The molecule has 0 spiro atoms. The fourth-order valence-corrected chi connectivity index (χ4v) is 5.95. The number of nitrogens with zero attached hydrogens (tertiary/aromatic N) is 5. The molecule has 0 amide bonds. The van der Waals surface area contributed by atoms with Crippen LogP contribution in [0.15, 0.2) is 47.8 Å². The second kappa shape index (κ2) is 11.0. The molecule has 37 heavy (non-hydrogen) atoms. The van der Waals surface area contributed by atoms with Gasteiger partial charge in [-0.25, -0.2) is 4.98 Å². The molecule has 2 N–H and O–H groups in total. The predicted octanol–water partition coefficient (Wildman–Crippen LogP) is 5.91. The first-order valence-corrected chi connectivity index (χ1v) is 17.5. The molecule has 0 bridgehead atoms. The van der Waals surface area contributed by atoms with Gasteiger partial charge in [-0.2, -0.15) is 9.97 Å². The number of nitrogen functional groups attached to an aromatic ring is 1. The van der Waals surface area contributed by atoms with E-state index in [1.807, 2.05) is 22.8 Å². The number of halogens is 1. The Labute approximate surface area is 227 Å². The van der Waals surface area contributed by atoms with Crippen molar-refractivity contribution in [2.45, 2.75) is 51.4 Å². The molecule has 3 heterocycles. The Morgan fingerprint density at radius 2 is 2.00 bits per heavy atom. The number of ether oxygens (including phenoxy) is 2. The van der Waals surface area contributed by atoms with Gasteiger partial charge in [0, 0.05) is 37.6 Å². The van der Waals surface area contributed by atoms with E-state index in [9.17, 15) is 0 Å². The van der Waals surface area contributed by atoms with Crippen LogP contribution < -0.4 is 15.4 Å². The van der Waals surface area contributed by atoms with Crippen molar-refractivity contribution in [1.82, 2.24) is 19.5 Å². The number of hydrogen-bond donors (Lipinski definition) is 1. The second-order valence-electron chi connectivity index (χ2n) is 10.6. The molecule has 4 aromatic rings. The van der Waals surface area contributed by atoms with Crippen molar-refractivity contribution in [3.63, 3.8) is 0 Å². The van der Waals surface area contributed by atoms with Gasteiger partial charge in [-0.3, -0.25) is 4.57 Å². The van der Waals surface area contributed by atoms with E-state index < -0.39 is 8.07 Å². The zero-order valence-corrected chi connectivity index (χ0v) is 24.0. The van der Waals surface area contributed by atoms with Gasteiger partial charge in [-0.15, -0.1) is 11.3 Å². The summed E-state index contributed by atoms with van der Waals surface area (Å²) in [7, 11) is -1.16. The van der Waals surface area contributed by atoms with Gasteiger partial charge in [0.25, 0.3) is 6.01 Å². The number of thiophene rings is 1. The molecule has 3 aromatic heterocycles. The predicted molar refractivity (Wildman–Crippen MR) is 153 cm³/mol. The molecule has 2 unspecified atom stereocenters. The van der Waals surface area contributed by atoms with E-state index in [-0.39, 0.29) is 12.0 Å². The maximum atomic E-state index is 6.32. The number of rotatable bonds is 12. The third-order valence-electron chi connectivity index (χ3n) is 6.45. The molecule has 1 aliphatic rings. The number of anilines is 2. The largest absolute Gasteiger partial charge is 0.464 e. The molecule has 196 valence electrons. The first-order chi connectivity index (χ1) is 17.8. The Morgan fingerprint density at radius 3 is 2.76 bits per heavy atom. The summed E-state index contributed by atoms with van der Waals surface area (Å²) in [5.41, 5.74) is 7.84. The fraction of sp³-hybridized carbons (Fsp3) is 0.423. The van der Waals surface area contributed by atoms with Crippen molar-refractivity contribution in [2.75, 3.05) is 23.8 Å². The van der Waals surface area contributed by atoms with Gasteiger partial charge < -0.3 is 20.1 Å². The number of imidazole rings is 1. The van der Waals surface area contributed by atoms with Crippen LogP contribution in [0.5, 0.6) is 6.01 Å². The lowest BCUT2D eigenvalue weighted by atomic mass is 10.3. The van der Waals surface area contributed by atoms with Crippen LogP contribution in [0.3, 0.4) is 0 Å². The minimum absolute atomic E-state index is 0.176. The molecule has 0 radical (unpaired) electrons. The number of fused-ring (bicyclic) bond motifs is 1. The zero-order chi connectivity index (χ0) is 26.0. The number of nitrogens with two attached hydrogens (primary N) is 1. The Morgan fingerprint density at radius 1 is 1.16 bits per heavy atom. The summed E-state index contributed by atoms with van der Waals surface area (Å²) in [6.45, 7) is 9.53. The summed E-state index contributed by atoms with van der Waals surface area (Å²) >= 11 is 7.93. The maximum absolute atomic E-state index is 6.32. The molecule has 0 aliphatic heterocycles. The number of hydrogen-bond acceptors (Lipinski definition) is 8. The summed E-state index contributed by atoms with van der Waals surface area (Å²) in [6, 6.07) is 16.0.